The van der Waals surface area contributed by atoms with Crippen LogP contribution in [0.4, 0.5) is 5.69 Å². The van der Waals surface area contributed by atoms with E-state index in [1.165, 1.54) is 23.0 Å². The van der Waals surface area contributed by atoms with Gasteiger partial charge >= 0.3 is 11.9 Å². The number of ether oxygens (including phenoxy) is 2. The Morgan fingerprint density at radius 1 is 1.02 bits per heavy atom. The van der Waals surface area contributed by atoms with Gasteiger partial charge in [-0.1, -0.05) is 48.4 Å². The van der Waals surface area contributed by atoms with Gasteiger partial charge in [0, 0.05) is 36.7 Å². The standard InChI is InChI=1S/C31H37N5O8/c1-3-42-30(38)27(31(39)43-4-2)26-23(19-34(29(26)37)18-20-11-6-5-7-12-20)28(21-13-10-14-22(17-21)36(40)41)44-35-25-16-9-8-15-24(25)32-33-35/h8-10,13-17,20,23,26-28H,3-7,11-12,18-19H2,1-2H3/t23-,26-,28-/m1/s1. The van der Waals surface area contributed by atoms with E-state index in [9.17, 15) is 24.5 Å². The number of carbonyl (C=O) groups is 3. The maximum Gasteiger partial charge on any atom is 0.321 e. The van der Waals surface area contributed by atoms with Crippen molar-refractivity contribution >= 4 is 34.6 Å². The van der Waals surface area contributed by atoms with Gasteiger partial charge in [0.05, 0.1) is 24.1 Å². The number of non-ortho nitro benzene ring substituents is 1. The third-order valence-corrected chi connectivity index (χ3v) is 8.47. The summed E-state index contributed by atoms with van der Waals surface area (Å²) < 4.78 is 10.6. The summed E-state index contributed by atoms with van der Waals surface area (Å²) in [4.78, 5) is 61.7. The van der Waals surface area contributed by atoms with E-state index in [2.05, 4.69) is 10.3 Å². The molecule has 1 aliphatic heterocycles. The Labute approximate surface area is 254 Å². The molecule has 44 heavy (non-hydrogen) atoms. The summed E-state index contributed by atoms with van der Waals surface area (Å²) in [6.45, 7) is 3.86. The first kappa shape index (κ1) is 30.9. The minimum Gasteiger partial charge on any atom is -0.465 e. The first-order valence-electron chi connectivity index (χ1n) is 15.2. The Morgan fingerprint density at radius 2 is 1.73 bits per heavy atom. The fourth-order valence-corrected chi connectivity index (χ4v) is 6.46. The summed E-state index contributed by atoms with van der Waals surface area (Å²) in [6, 6.07) is 13.0. The SMILES string of the molecule is CCOC(=O)C(C(=O)OCC)[C@@H]1C(=O)N(CC2CCCCC2)C[C@H]1[C@H](On1nnc2ccccc21)c1cccc([N+](=O)[O-])c1. The number of fused-ring (bicyclic) bond motifs is 1. The highest BCUT2D eigenvalue weighted by molar-refractivity contribution is 6.01. The van der Waals surface area contributed by atoms with Gasteiger partial charge < -0.3 is 19.2 Å². The lowest BCUT2D eigenvalue weighted by molar-refractivity contribution is -0.385. The van der Waals surface area contributed by atoms with Crippen LogP contribution in [0.25, 0.3) is 11.0 Å². The third kappa shape index (κ3) is 6.51. The normalized spacial score (nSPS) is 19.7. The summed E-state index contributed by atoms with van der Waals surface area (Å²) in [5, 5.41) is 20.1. The number of nitro groups is 1. The molecular weight excluding hydrogens is 570 g/mol. The molecule has 0 bridgehead atoms. The average Bonchev–Trinajstić information content (AvgIpc) is 3.57. The molecule has 2 aromatic carbocycles. The number of hydrogen-bond acceptors (Lipinski definition) is 10. The number of likely N-dealkylation sites (tertiary alicyclic amines) is 1. The van der Waals surface area contributed by atoms with Gasteiger partial charge in [-0.25, -0.2) is 0 Å². The van der Waals surface area contributed by atoms with Crippen molar-refractivity contribution in [2.75, 3.05) is 26.3 Å². The molecule has 2 fully saturated rings. The lowest BCUT2D eigenvalue weighted by Crippen LogP contribution is -2.43. The second-order valence-corrected chi connectivity index (χ2v) is 11.2. The Bertz CT molecular complexity index is 1480. The van der Waals surface area contributed by atoms with Gasteiger partial charge in [-0.2, -0.15) is 0 Å². The number of aromatic nitrogens is 3. The minimum atomic E-state index is -1.55. The van der Waals surface area contributed by atoms with Gasteiger partial charge in [-0.15, -0.1) is 5.10 Å². The van der Waals surface area contributed by atoms with Crippen LogP contribution in [0.3, 0.4) is 0 Å². The summed E-state index contributed by atoms with van der Waals surface area (Å²) in [7, 11) is 0. The molecule has 2 aliphatic rings. The van der Waals surface area contributed by atoms with Crippen LogP contribution in [0.15, 0.2) is 48.5 Å². The topological polar surface area (TPSA) is 156 Å². The smallest absolute Gasteiger partial charge is 0.321 e. The van der Waals surface area contributed by atoms with E-state index in [0.29, 0.717) is 23.1 Å². The second kappa shape index (κ2) is 13.8. The first-order chi connectivity index (χ1) is 21.3. The van der Waals surface area contributed by atoms with E-state index in [0.717, 1.165) is 32.1 Å². The molecule has 0 unspecified atom stereocenters. The molecule has 0 spiro atoms. The van der Waals surface area contributed by atoms with E-state index < -0.39 is 40.7 Å². The number of carbonyl (C=O) groups excluding carboxylic acids is 3. The van der Waals surface area contributed by atoms with Crippen LogP contribution >= 0.6 is 0 Å². The second-order valence-electron chi connectivity index (χ2n) is 11.2. The summed E-state index contributed by atoms with van der Waals surface area (Å²) >= 11 is 0. The van der Waals surface area contributed by atoms with Gasteiger partial charge in [-0.05, 0) is 50.0 Å². The predicted molar refractivity (Wildman–Crippen MR) is 157 cm³/mol. The third-order valence-electron chi connectivity index (χ3n) is 8.47. The molecule has 1 saturated heterocycles. The van der Waals surface area contributed by atoms with E-state index in [1.54, 1.807) is 49.1 Å². The zero-order valence-corrected chi connectivity index (χ0v) is 24.9. The Balaban J connectivity index is 1.62. The Morgan fingerprint density at radius 3 is 2.41 bits per heavy atom. The zero-order chi connectivity index (χ0) is 31.2. The van der Waals surface area contributed by atoms with E-state index >= 15 is 0 Å². The van der Waals surface area contributed by atoms with Crippen LogP contribution in [-0.2, 0) is 23.9 Å². The molecule has 13 nitrogen and oxygen atoms in total. The number of hydrogen-bond donors (Lipinski definition) is 0. The van der Waals surface area contributed by atoms with Gasteiger partial charge in [0.2, 0.25) is 5.91 Å². The molecule has 1 aliphatic carbocycles. The average molecular weight is 608 g/mol. The highest BCUT2D eigenvalue weighted by Crippen LogP contribution is 2.43. The molecule has 0 N–H and O–H groups in total. The molecule has 3 aromatic rings. The van der Waals surface area contributed by atoms with Crippen LogP contribution < -0.4 is 4.84 Å². The Hall–Kier alpha value is -4.55. The largest absolute Gasteiger partial charge is 0.465 e. The maximum atomic E-state index is 14.3. The van der Waals surface area contributed by atoms with E-state index in [1.807, 2.05) is 0 Å². The van der Waals surface area contributed by atoms with E-state index in [-0.39, 0.29) is 37.3 Å². The van der Waals surface area contributed by atoms with Crippen LogP contribution in [0, 0.1) is 33.8 Å². The summed E-state index contributed by atoms with van der Waals surface area (Å²) in [5.74, 6) is -5.40. The van der Waals surface area contributed by atoms with Crippen molar-refractivity contribution in [3.63, 3.8) is 0 Å². The van der Waals surface area contributed by atoms with Crippen molar-refractivity contribution in [2.45, 2.75) is 52.1 Å². The Kier molecular flexibility index (Phi) is 9.71. The van der Waals surface area contributed by atoms with Crippen LogP contribution in [0.1, 0.15) is 57.6 Å². The highest BCUT2D eigenvalue weighted by atomic mass is 16.7. The fraction of sp³-hybridized carbons (Fsp3) is 0.516. The van der Waals surface area contributed by atoms with Crippen LogP contribution in [0.5, 0.6) is 0 Å². The first-order valence-corrected chi connectivity index (χ1v) is 15.2. The van der Waals surface area contributed by atoms with Crippen molar-refractivity contribution in [3.05, 3.63) is 64.2 Å². The predicted octanol–water partition coefficient (Wildman–Crippen LogP) is 3.91. The van der Waals surface area contributed by atoms with Gasteiger partial charge in [0.1, 0.15) is 11.0 Å². The van der Waals surface area contributed by atoms with Crippen molar-refractivity contribution in [2.24, 2.45) is 23.7 Å². The number of benzene rings is 2. The van der Waals surface area contributed by atoms with Crippen molar-refractivity contribution < 1.29 is 33.6 Å². The molecule has 1 saturated carbocycles. The monoisotopic (exact) mass is 607 g/mol. The lowest BCUT2D eigenvalue weighted by Gasteiger charge is -2.29. The van der Waals surface area contributed by atoms with Crippen LogP contribution in [-0.4, -0.2) is 69.1 Å². The molecule has 234 valence electrons. The molecule has 1 amide bonds. The number of para-hydroxylation sites is 1. The molecular formula is C31H37N5O8. The number of nitrogens with zero attached hydrogens (tertiary/aromatic N) is 5. The van der Waals surface area contributed by atoms with Crippen molar-refractivity contribution in [3.8, 4) is 0 Å². The van der Waals surface area contributed by atoms with Gasteiger partial charge in [0.15, 0.2) is 12.0 Å². The molecule has 2 heterocycles. The molecule has 3 atom stereocenters. The molecule has 5 rings (SSSR count). The van der Waals surface area contributed by atoms with E-state index in [4.69, 9.17) is 14.3 Å². The molecule has 0 radical (unpaired) electrons. The van der Waals surface area contributed by atoms with Crippen LogP contribution in [0.2, 0.25) is 0 Å². The number of rotatable bonds is 12. The number of esters is 2. The quantitative estimate of drug-likeness (QED) is 0.128. The lowest BCUT2D eigenvalue weighted by atomic mass is 9.78. The minimum absolute atomic E-state index is 0.00184. The summed E-state index contributed by atoms with van der Waals surface area (Å²) in [6.07, 6.45) is 4.22. The fourth-order valence-electron chi connectivity index (χ4n) is 6.46. The number of amides is 1. The molecule has 13 heteroatoms. The zero-order valence-electron chi connectivity index (χ0n) is 24.9. The van der Waals surface area contributed by atoms with Gasteiger partial charge in [0.25, 0.3) is 5.69 Å². The van der Waals surface area contributed by atoms with Crippen molar-refractivity contribution in [1.29, 1.82) is 0 Å². The van der Waals surface area contributed by atoms with Crippen molar-refractivity contribution in [1.82, 2.24) is 20.1 Å². The maximum absolute atomic E-state index is 14.3. The van der Waals surface area contributed by atoms with Gasteiger partial charge in [-0.3, -0.25) is 24.5 Å². The molecule has 1 aromatic heterocycles. The highest BCUT2D eigenvalue weighted by Gasteiger charge is 2.55. The number of nitro benzene ring substituents is 1. The summed E-state index contributed by atoms with van der Waals surface area (Å²) in [5.41, 5.74) is 1.30.